The van der Waals surface area contributed by atoms with E-state index < -0.39 is 5.92 Å². The molecule has 1 heterocycles. The lowest BCUT2D eigenvalue weighted by Gasteiger charge is -2.39. The Morgan fingerprint density at radius 1 is 1.06 bits per heavy atom. The smallest absolute Gasteiger partial charge is 0.203 e. The molecule has 0 bridgehead atoms. The molecule has 0 saturated carbocycles. The number of hydrogen-bond donors (Lipinski definition) is 1. The molecular formula is C25H24BrN3O4. The van der Waals surface area contributed by atoms with Gasteiger partial charge in [0.15, 0.2) is 17.3 Å². The van der Waals surface area contributed by atoms with E-state index in [0.29, 0.717) is 52.6 Å². The van der Waals surface area contributed by atoms with Crippen molar-refractivity contribution in [1.82, 2.24) is 0 Å². The first-order chi connectivity index (χ1) is 15.9. The van der Waals surface area contributed by atoms with Crippen LogP contribution in [0.4, 0.5) is 5.69 Å². The van der Waals surface area contributed by atoms with E-state index in [4.69, 9.17) is 19.9 Å². The lowest BCUT2D eigenvalue weighted by atomic mass is 9.75. The molecule has 4 rings (SSSR count). The number of ketones is 1. The van der Waals surface area contributed by atoms with Gasteiger partial charge in [-0.3, -0.25) is 9.69 Å². The number of methoxy groups -OCH3 is 3. The second-order valence-electron chi connectivity index (χ2n) is 7.75. The molecule has 0 aromatic heterocycles. The number of anilines is 1. The summed E-state index contributed by atoms with van der Waals surface area (Å²) >= 11 is 3.45. The van der Waals surface area contributed by atoms with Crippen LogP contribution in [0.25, 0.3) is 0 Å². The zero-order valence-corrected chi connectivity index (χ0v) is 20.2. The predicted octanol–water partition coefficient (Wildman–Crippen LogP) is 4.78. The maximum atomic E-state index is 13.3. The minimum absolute atomic E-state index is 0.0114. The van der Waals surface area contributed by atoms with E-state index in [-0.39, 0.29) is 5.78 Å². The number of halogens is 1. The fraction of sp³-hybridized carbons (Fsp3) is 0.280. The molecule has 2 aromatic rings. The van der Waals surface area contributed by atoms with Crippen LogP contribution in [0, 0.1) is 11.3 Å². The maximum Gasteiger partial charge on any atom is 0.203 e. The number of Topliss-reactive ketones (excluding diaryl/α,β-unsaturated/α-hetero) is 1. The first-order valence-electron chi connectivity index (χ1n) is 10.5. The summed E-state index contributed by atoms with van der Waals surface area (Å²) in [5.74, 6) is 1.03. The van der Waals surface area contributed by atoms with E-state index >= 15 is 0 Å². The van der Waals surface area contributed by atoms with Crippen LogP contribution in [0.5, 0.6) is 17.2 Å². The maximum absolute atomic E-state index is 13.3. The molecule has 1 aliphatic carbocycles. The van der Waals surface area contributed by atoms with Crippen molar-refractivity contribution in [3.8, 4) is 23.3 Å². The number of nitrogens with two attached hydrogens (primary N) is 1. The number of benzene rings is 2. The quantitative estimate of drug-likeness (QED) is 0.618. The Bertz CT molecular complexity index is 1190. The number of nitrogens with zero attached hydrogens (tertiary/aromatic N) is 2. The average molecular weight is 510 g/mol. The van der Waals surface area contributed by atoms with E-state index in [1.807, 2.05) is 29.2 Å². The Morgan fingerprint density at radius 2 is 1.70 bits per heavy atom. The Labute approximate surface area is 201 Å². The molecule has 33 heavy (non-hydrogen) atoms. The fourth-order valence-electron chi connectivity index (χ4n) is 4.57. The Morgan fingerprint density at radius 3 is 2.24 bits per heavy atom. The molecule has 7 nitrogen and oxygen atoms in total. The van der Waals surface area contributed by atoms with Gasteiger partial charge >= 0.3 is 0 Å². The highest BCUT2D eigenvalue weighted by atomic mass is 79.9. The summed E-state index contributed by atoms with van der Waals surface area (Å²) in [5.41, 5.74) is 9.82. The summed E-state index contributed by atoms with van der Waals surface area (Å²) in [5, 5.41) is 10.2. The molecular weight excluding hydrogens is 486 g/mol. The van der Waals surface area contributed by atoms with E-state index in [1.165, 1.54) is 21.3 Å². The van der Waals surface area contributed by atoms with Crippen molar-refractivity contribution >= 4 is 27.4 Å². The number of carbonyl (C=O) groups is 1. The van der Waals surface area contributed by atoms with Crippen molar-refractivity contribution in [2.75, 3.05) is 26.2 Å². The highest BCUT2D eigenvalue weighted by molar-refractivity contribution is 9.10. The van der Waals surface area contributed by atoms with Crippen LogP contribution >= 0.6 is 15.9 Å². The molecule has 2 aliphatic rings. The van der Waals surface area contributed by atoms with Gasteiger partial charge in [0.25, 0.3) is 0 Å². The van der Waals surface area contributed by atoms with Gasteiger partial charge in [-0.1, -0.05) is 15.9 Å². The SMILES string of the molecule is COc1cc([C@@H]2C(C#N)=C(N)N(c3ccc(Br)cc3)C3=C2C(=O)CCC3)cc(OC)c1OC. The van der Waals surface area contributed by atoms with Crippen LogP contribution in [-0.2, 0) is 4.79 Å². The molecule has 0 saturated heterocycles. The molecule has 1 aliphatic heterocycles. The normalized spacial score (nSPS) is 18.1. The Balaban J connectivity index is 1.98. The van der Waals surface area contributed by atoms with Crippen LogP contribution in [-0.4, -0.2) is 27.1 Å². The number of allylic oxidation sites excluding steroid dienone is 3. The average Bonchev–Trinajstić information content (AvgIpc) is 2.83. The van der Waals surface area contributed by atoms with E-state index in [9.17, 15) is 10.1 Å². The van der Waals surface area contributed by atoms with Crippen molar-refractivity contribution in [2.45, 2.75) is 25.2 Å². The number of hydrogen-bond acceptors (Lipinski definition) is 7. The minimum atomic E-state index is -0.627. The van der Waals surface area contributed by atoms with E-state index in [1.54, 1.807) is 12.1 Å². The molecule has 8 heteroatoms. The third-order valence-corrected chi connectivity index (χ3v) is 6.55. The number of ether oxygens (including phenoxy) is 3. The largest absolute Gasteiger partial charge is 0.493 e. The molecule has 0 radical (unpaired) electrons. The topological polar surface area (TPSA) is 97.8 Å². The van der Waals surface area contributed by atoms with Crippen LogP contribution in [0.15, 0.2) is 63.5 Å². The first-order valence-corrected chi connectivity index (χ1v) is 11.3. The van der Waals surface area contributed by atoms with Gasteiger partial charge < -0.3 is 19.9 Å². The third-order valence-electron chi connectivity index (χ3n) is 6.02. The molecule has 0 spiro atoms. The van der Waals surface area contributed by atoms with Gasteiger partial charge in [0.05, 0.1) is 38.9 Å². The standard InChI is InChI=1S/C25H24BrN3O4/c1-31-20-11-14(12-21(32-2)24(20)33-3)22-17(13-27)25(28)29(16-9-7-15(26)8-10-16)18-5-4-6-19(30)23(18)22/h7-12,22H,4-6,28H2,1-3H3/t22-/m1/s1. The number of rotatable bonds is 5. The Hall–Kier alpha value is -3.44. The molecule has 2 aromatic carbocycles. The lowest BCUT2D eigenvalue weighted by molar-refractivity contribution is -0.116. The molecule has 1 atom stereocenters. The van der Waals surface area contributed by atoms with Crippen LogP contribution in [0.2, 0.25) is 0 Å². The summed E-state index contributed by atoms with van der Waals surface area (Å²) in [6.45, 7) is 0. The van der Waals surface area contributed by atoms with Crippen LogP contribution in [0.3, 0.4) is 0 Å². The van der Waals surface area contributed by atoms with Crippen molar-refractivity contribution in [3.05, 3.63) is 69.1 Å². The van der Waals surface area contributed by atoms with Gasteiger partial charge in [-0.2, -0.15) is 5.26 Å². The monoisotopic (exact) mass is 509 g/mol. The van der Waals surface area contributed by atoms with Crippen LogP contribution < -0.4 is 24.8 Å². The summed E-state index contributed by atoms with van der Waals surface area (Å²) in [6, 6.07) is 13.5. The number of nitriles is 1. The van der Waals surface area contributed by atoms with E-state index in [0.717, 1.165) is 22.3 Å². The van der Waals surface area contributed by atoms with Crippen molar-refractivity contribution in [2.24, 2.45) is 5.73 Å². The highest BCUT2D eigenvalue weighted by Crippen LogP contribution is 2.49. The predicted molar refractivity (Wildman–Crippen MR) is 128 cm³/mol. The summed E-state index contributed by atoms with van der Waals surface area (Å²) in [7, 11) is 4.59. The van der Waals surface area contributed by atoms with Crippen molar-refractivity contribution < 1.29 is 19.0 Å². The van der Waals surface area contributed by atoms with Gasteiger partial charge in [0, 0.05) is 27.9 Å². The fourth-order valence-corrected chi connectivity index (χ4v) is 4.84. The summed E-state index contributed by atoms with van der Waals surface area (Å²) in [4.78, 5) is 15.1. The molecule has 2 N–H and O–H groups in total. The zero-order chi connectivity index (χ0) is 23.7. The van der Waals surface area contributed by atoms with Crippen molar-refractivity contribution in [3.63, 3.8) is 0 Å². The lowest BCUT2D eigenvalue weighted by Crippen LogP contribution is -2.38. The summed E-state index contributed by atoms with van der Waals surface area (Å²) < 4.78 is 17.4. The van der Waals surface area contributed by atoms with Gasteiger partial charge in [-0.15, -0.1) is 0 Å². The highest BCUT2D eigenvalue weighted by Gasteiger charge is 2.41. The van der Waals surface area contributed by atoms with Gasteiger partial charge in [-0.05, 0) is 54.8 Å². The zero-order valence-electron chi connectivity index (χ0n) is 18.6. The first kappa shape index (κ1) is 22.7. The van der Waals surface area contributed by atoms with Crippen molar-refractivity contribution in [1.29, 1.82) is 5.26 Å². The third kappa shape index (κ3) is 3.83. The second-order valence-corrected chi connectivity index (χ2v) is 8.67. The molecule has 0 fully saturated rings. The molecule has 0 unspecified atom stereocenters. The molecule has 0 amide bonds. The van der Waals surface area contributed by atoms with Gasteiger partial charge in [0.1, 0.15) is 5.82 Å². The minimum Gasteiger partial charge on any atom is -0.493 e. The van der Waals surface area contributed by atoms with Gasteiger partial charge in [0.2, 0.25) is 5.75 Å². The van der Waals surface area contributed by atoms with Gasteiger partial charge in [-0.25, -0.2) is 0 Å². The molecule has 170 valence electrons. The number of carbonyl (C=O) groups excluding carboxylic acids is 1. The van der Waals surface area contributed by atoms with E-state index in [2.05, 4.69) is 22.0 Å². The van der Waals surface area contributed by atoms with Crippen LogP contribution in [0.1, 0.15) is 30.7 Å². The second kappa shape index (κ2) is 9.20. The summed E-state index contributed by atoms with van der Waals surface area (Å²) in [6.07, 6.45) is 1.83. The Kier molecular flexibility index (Phi) is 6.34.